The number of sulfonamides is 1. The van der Waals surface area contributed by atoms with Crippen LogP contribution in [0.5, 0.6) is 0 Å². The van der Waals surface area contributed by atoms with Crippen LogP contribution < -0.4 is 5.32 Å². The van der Waals surface area contributed by atoms with Crippen LogP contribution in [-0.2, 0) is 10.0 Å². The lowest BCUT2D eigenvalue weighted by atomic mass is 10.2. The van der Waals surface area contributed by atoms with Crippen LogP contribution in [0.25, 0.3) is 0 Å². The second kappa shape index (κ2) is 3.92. The van der Waals surface area contributed by atoms with Crippen LogP contribution in [0.15, 0.2) is 18.5 Å². The Balaban J connectivity index is 1.55. The van der Waals surface area contributed by atoms with Crippen molar-refractivity contribution in [3.8, 4) is 0 Å². The number of nitrogens with zero attached hydrogens (tertiary/aromatic N) is 3. The van der Waals surface area contributed by atoms with Crippen molar-refractivity contribution in [1.82, 2.24) is 14.3 Å². The van der Waals surface area contributed by atoms with E-state index in [1.807, 2.05) is 0 Å². The minimum atomic E-state index is -3.00. The minimum absolute atomic E-state index is 0.114. The number of hydrogen-bond acceptors (Lipinski definition) is 5. The fraction of sp³-hybridized carbons (Fsp3) is 0.600. The van der Waals surface area contributed by atoms with E-state index < -0.39 is 10.0 Å². The molecule has 92 valence electrons. The zero-order valence-electron chi connectivity index (χ0n) is 9.28. The fourth-order valence-electron chi connectivity index (χ4n) is 1.87. The maximum atomic E-state index is 11.8. The summed E-state index contributed by atoms with van der Waals surface area (Å²) in [6.45, 7) is 1.05. The Labute approximate surface area is 100 Å². The topological polar surface area (TPSA) is 75.2 Å². The average Bonchev–Trinajstić information content (AvgIpc) is 3.07. The van der Waals surface area contributed by atoms with Crippen LogP contribution in [0.2, 0.25) is 0 Å². The van der Waals surface area contributed by atoms with Crippen molar-refractivity contribution < 1.29 is 8.42 Å². The summed E-state index contributed by atoms with van der Waals surface area (Å²) in [4.78, 5) is 8.09. The molecule has 2 fully saturated rings. The average molecular weight is 254 g/mol. The molecule has 6 nitrogen and oxygen atoms in total. The van der Waals surface area contributed by atoms with E-state index in [0.717, 1.165) is 12.8 Å². The van der Waals surface area contributed by atoms with Gasteiger partial charge in [0.1, 0.15) is 0 Å². The molecule has 0 radical (unpaired) electrons. The molecule has 1 aliphatic heterocycles. The molecular formula is C10H14N4O2S. The molecule has 7 heteroatoms. The van der Waals surface area contributed by atoms with Crippen molar-refractivity contribution in [2.24, 2.45) is 0 Å². The Kier molecular flexibility index (Phi) is 2.52. The highest BCUT2D eigenvalue weighted by Gasteiger charge is 2.45. The van der Waals surface area contributed by atoms with E-state index in [1.54, 1.807) is 22.8 Å². The Bertz CT molecular complexity index is 494. The van der Waals surface area contributed by atoms with Crippen LogP contribution in [0.3, 0.4) is 0 Å². The van der Waals surface area contributed by atoms with Crippen LogP contribution in [0.1, 0.15) is 12.8 Å². The number of anilines is 1. The van der Waals surface area contributed by atoms with E-state index in [0.29, 0.717) is 19.0 Å². The molecule has 0 spiro atoms. The second-order valence-corrected chi connectivity index (χ2v) is 6.69. The van der Waals surface area contributed by atoms with Crippen molar-refractivity contribution >= 4 is 16.0 Å². The molecule has 1 aromatic rings. The number of rotatable bonds is 4. The monoisotopic (exact) mass is 254 g/mol. The highest BCUT2D eigenvalue weighted by atomic mass is 32.2. The van der Waals surface area contributed by atoms with Gasteiger partial charge in [0.15, 0.2) is 0 Å². The van der Waals surface area contributed by atoms with Gasteiger partial charge in [0.2, 0.25) is 16.0 Å². The van der Waals surface area contributed by atoms with Crippen LogP contribution in [0, 0.1) is 0 Å². The standard InChI is InChI=1S/C10H14N4O2S/c15-17(16,9-2-3-9)14-6-8(7-14)13-10-11-4-1-5-12-10/h1,4-5,8-9H,2-3,6-7H2,(H,11,12,13). The number of nitrogens with one attached hydrogen (secondary N) is 1. The lowest BCUT2D eigenvalue weighted by Crippen LogP contribution is -2.57. The first kappa shape index (κ1) is 10.9. The number of hydrogen-bond donors (Lipinski definition) is 1. The summed E-state index contributed by atoms with van der Waals surface area (Å²) in [5.74, 6) is 0.556. The highest BCUT2D eigenvalue weighted by Crippen LogP contribution is 2.33. The summed E-state index contributed by atoms with van der Waals surface area (Å²) < 4.78 is 25.2. The van der Waals surface area contributed by atoms with Gasteiger partial charge in [0.25, 0.3) is 0 Å². The molecule has 2 heterocycles. The first-order valence-electron chi connectivity index (χ1n) is 5.69. The molecule has 1 N–H and O–H groups in total. The van der Waals surface area contributed by atoms with Gasteiger partial charge in [0.05, 0.1) is 11.3 Å². The van der Waals surface area contributed by atoms with Gasteiger partial charge in [-0.3, -0.25) is 0 Å². The smallest absolute Gasteiger partial charge is 0.222 e. The Hall–Kier alpha value is -1.21. The highest BCUT2D eigenvalue weighted by molar-refractivity contribution is 7.90. The molecule has 0 amide bonds. The van der Waals surface area contributed by atoms with Crippen LogP contribution in [0.4, 0.5) is 5.95 Å². The normalized spacial score (nSPS) is 22.1. The molecule has 0 atom stereocenters. The summed E-state index contributed by atoms with van der Waals surface area (Å²) in [7, 11) is -3.00. The van der Waals surface area contributed by atoms with Gasteiger partial charge in [-0.15, -0.1) is 0 Å². The van der Waals surface area contributed by atoms with Gasteiger partial charge < -0.3 is 5.32 Å². The third-order valence-electron chi connectivity index (χ3n) is 3.05. The third-order valence-corrected chi connectivity index (χ3v) is 5.38. The Morgan fingerprint density at radius 1 is 1.24 bits per heavy atom. The van der Waals surface area contributed by atoms with Crippen molar-refractivity contribution in [2.75, 3.05) is 18.4 Å². The molecule has 1 saturated heterocycles. The van der Waals surface area contributed by atoms with Crippen LogP contribution >= 0.6 is 0 Å². The summed E-state index contributed by atoms with van der Waals surface area (Å²) in [6.07, 6.45) is 4.96. The molecule has 3 rings (SSSR count). The Morgan fingerprint density at radius 2 is 1.88 bits per heavy atom. The van der Waals surface area contributed by atoms with Crippen molar-refractivity contribution in [3.63, 3.8) is 0 Å². The van der Waals surface area contributed by atoms with Crippen molar-refractivity contribution in [1.29, 1.82) is 0 Å². The molecule has 1 saturated carbocycles. The molecule has 17 heavy (non-hydrogen) atoms. The zero-order chi connectivity index (χ0) is 11.9. The lowest BCUT2D eigenvalue weighted by molar-refractivity contribution is 0.279. The summed E-state index contributed by atoms with van der Waals surface area (Å²) >= 11 is 0. The second-order valence-electron chi connectivity index (χ2n) is 4.47. The molecule has 0 bridgehead atoms. The van der Waals surface area contributed by atoms with E-state index in [2.05, 4.69) is 15.3 Å². The van der Waals surface area contributed by atoms with E-state index in [1.165, 1.54) is 0 Å². The Morgan fingerprint density at radius 3 is 2.47 bits per heavy atom. The quantitative estimate of drug-likeness (QED) is 0.822. The van der Waals surface area contributed by atoms with E-state index >= 15 is 0 Å². The van der Waals surface area contributed by atoms with Gasteiger partial charge in [0, 0.05) is 25.5 Å². The van der Waals surface area contributed by atoms with Gasteiger partial charge in [-0.2, -0.15) is 4.31 Å². The van der Waals surface area contributed by atoms with E-state index in [-0.39, 0.29) is 11.3 Å². The number of aromatic nitrogens is 2. The summed E-state index contributed by atoms with van der Waals surface area (Å²) in [6, 6.07) is 1.88. The van der Waals surface area contributed by atoms with Crippen LogP contribution in [-0.4, -0.2) is 47.1 Å². The van der Waals surface area contributed by atoms with Gasteiger partial charge in [-0.25, -0.2) is 18.4 Å². The summed E-state index contributed by atoms with van der Waals surface area (Å²) in [5.41, 5.74) is 0. The molecule has 1 aromatic heterocycles. The molecule has 0 aromatic carbocycles. The largest absolute Gasteiger partial charge is 0.349 e. The van der Waals surface area contributed by atoms with E-state index in [9.17, 15) is 8.42 Å². The van der Waals surface area contributed by atoms with Crippen molar-refractivity contribution in [3.05, 3.63) is 18.5 Å². The SMILES string of the molecule is O=S(=O)(C1CC1)N1CC(Nc2ncccn2)C1. The molecule has 2 aliphatic rings. The summed E-state index contributed by atoms with van der Waals surface area (Å²) in [5, 5.41) is 3.00. The first-order chi connectivity index (χ1) is 8.16. The fourth-order valence-corrected chi connectivity index (χ4v) is 3.80. The van der Waals surface area contributed by atoms with Gasteiger partial charge in [-0.05, 0) is 18.9 Å². The first-order valence-corrected chi connectivity index (χ1v) is 7.19. The lowest BCUT2D eigenvalue weighted by Gasteiger charge is -2.38. The van der Waals surface area contributed by atoms with Gasteiger partial charge >= 0.3 is 0 Å². The maximum Gasteiger partial charge on any atom is 0.222 e. The minimum Gasteiger partial charge on any atom is -0.349 e. The third kappa shape index (κ3) is 2.12. The predicted molar refractivity (Wildman–Crippen MR) is 63.0 cm³/mol. The van der Waals surface area contributed by atoms with Gasteiger partial charge in [-0.1, -0.05) is 0 Å². The maximum absolute atomic E-state index is 11.8. The predicted octanol–water partition coefficient (Wildman–Crippen LogP) is 0.0649. The van der Waals surface area contributed by atoms with Crippen molar-refractivity contribution in [2.45, 2.75) is 24.1 Å². The zero-order valence-corrected chi connectivity index (χ0v) is 10.1. The molecule has 1 aliphatic carbocycles. The molecule has 0 unspecified atom stereocenters. The van der Waals surface area contributed by atoms with E-state index in [4.69, 9.17) is 0 Å². The molecular weight excluding hydrogens is 240 g/mol.